The lowest BCUT2D eigenvalue weighted by molar-refractivity contribution is 1.17. The summed E-state index contributed by atoms with van der Waals surface area (Å²) >= 11 is 17.3. The molecule has 0 unspecified atom stereocenters. The van der Waals surface area contributed by atoms with Gasteiger partial charge in [0.2, 0.25) is 5.28 Å². The summed E-state index contributed by atoms with van der Waals surface area (Å²) < 4.78 is 0. The highest BCUT2D eigenvalue weighted by atomic mass is 35.5. The van der Waals surface area contributed by atoms with Gasteiger partial charge >= 0.3 is 0 Å². The molecule has 0 saturated heterocycles. The van der Waals surface area contributed by atoms with E-state index in [1.807, 2.05) is 6.07 Å². The third-order valence-corrected chi connectivity index (χ3v) is 2.81. The van der Waals surface area contributed by atoms with E-state index in [2.05, 4.69) is 9.97 Å². The van der Waals surface area contributed by atoms with Gasteiger partial charge in [0.25, 0.3) is 0 Å². The van der Waals surface area contributed by atoms with Crippen LogP contribution in [-0.2, 0) is 0 Å². The van der Waals surface area contributed by atoms with E-state index in [9.17, 15) is 0 Å². The van der Waals surface area contributed by atoms with Crippen LogP contribution in [0.1, 0.15) is 0 Å². The zero-order valence-corrected chi connectivity index (χ0v) is 9.68. The minimum absolute atomic E-state index is 0.221. The molecule has 0 radical (unpaired) electrons. The fourth-order valence-electron chi connectivity index (χ4n) is 1.14. The monoisotopic (exact) mass is 258 g/mol. The van der Waals surface area contributed by atoms with Gasteiger partial charge in [-0.1, -0.05) is 29.3 Å². The zero-order valence-electron chi connectivity index (χ0n) is 7.42. The van der Waals surface area contributed by atoms with Crippen LogP contribution in [0, 0.1) is 0 Å². The van der Waals surface area contributed by atoms with E-state index in [4.69, 9.17) is 34.8 Å². The minimum Gasteiger partial charge on any atom is -0.226 e. The summed E-state index contributed by atoms with van der Waals surface area (Å²) in [5, 5.41) is 1.25. The van der Waals surface area contributed by atoms with Crippen LogP contribution >= 0.6 is 34.8 Å². The fourth-order valence-corrected chi connectivity index (χ4v) is 1.53. The molecule has 0 N–H and O–H groups in total. The van der Waals surface area contributed by atoms with Crippen LogP contribution in [0.2, 0.25) is 15.3 Å². The molecule has 0 saturated carbocycles. The van der Waals surface area contributed by atoms with Gasteiger partial charge < -0.3 is 0 Å². The van der Waals surface area contributed by atoms with Crippen molar-refractivity contribution in [2.24, 2.45) is 0 Å². The number of aromatic nitrogens is 2. The molecule has 1 aromatic heterocycles. The van der Waals surface area contributed by atoms with Crippen molar-refractivity contribution >= 4 is 34.8 Å². The van der Waals surface area contributed by atoms with Gasteiger partial charge in [-0.2, -0.15) is 0 Å². The summed E-state index contributed by atoms with van der Waals surface area (Å²) in [5.74, 6) is 0. The SMILES string of the molecule is Clc1ncc(-c2ccc(Cl)c(Cl)c2)cn1. The molecule has 0 amide bonds. The Hall–Kier alpha value is -0.830. The van der Waals surface area contributed by atoms with E-state index >= 15 is 0 Å². The summed E-state index contributed by atoms with van der Waals surface area (Å²) in [6.45, 7) is 0. The molecule has 0 atom stereocenters. The van der Waals surface area contributed by atoms with Crippen molar-refractivity contribution < 1.29 is 0 Å². The zero-order chi connectivity index (χ0) is 10.8. The Morgan fingerprint density at radius 2 is 1.47 bits per heavy atom. The third kappa shape index (κ3) is 2.40. The van der Waals surface area contributed by atoms with Gasteiger partial charge in [-0.05, 0) is 29.3 Å². The van der Waals surface area contributed by atoms with Crippen LogP contribution in [0.25, 0.3) is 11.1 Å². The van der Waals surface area contributed by atoms with Crippen molar-refractivity contribution in [1.29, 1.82) is 0 Å². The van der Waals surface area contributed by atoms with E-state index in [0.717, 1.165) is 11.1 Å². The van der Waals surface area contributed by atoms with Crippen LogP contribution in [-0.4, -0.2) is 9.97 Å². The maximum absolute atomic E-state index is 5.90. The number of nitrogens with zero attached hydrogens (tertiary/aromatic N) is 2. The maximum Gasteiger partial charge on any atom is 0.222 e. The maximum atomic E-state index is 5.90. The lowest BCUT2D eigenvalue weighted by Gasteiger charge is -2.02. The first kappa shape index (κ1) is 10.7. The van der Waals surface area contributed by atoms with Crippen LogP contribution in [0.15, 0.2) is 30.6 Å². The first-order valence-corrected chi connectivity index (χ1v) is 5.23. The molecule has 0 aliphatic heterocycles. The van der Waals surface area contributed by atoms with Crippen LogP contribution in [0.5, 0.6) is 0 Å². The van der Waals surface area contributed by atoms with Gasteiger partial charge in [-0.25, -0.2) is 9.97 Å². The fraction of sp³-hybridized carbons (Fsp3) is 0. The summed E-state index contributed by atoms with van der Waals surface area (Å²) in [6, 6.07) is 5.34. The Balaban J connectivity index is 2.45. The number of hydrogen-bond donors (Lipinski definition) is 0. The second kappa shape index (κ2) is 4.35. The van der Waals surface area contributed by atoms with E-state index < -0.39 is 0 Å². The third-order valence-electron chi connectivity index (χ3n) is 1.87. The van der Waals surface area contributed by atoms with Crippen molar-refractivity contribution in [1.82, 2.24) is 9.97 Å². The molecule has 1 aromatic carbocycles. The molecular weight excluding hydrogens is 254 g/mol. The average molecular weight is 260 g/mol. The molecule has 0 spiro atoms. The van der Waals surface area contributed by atoms with Crippen LogP contribution < -0.4 is 0 Å². The second-order valence-electron chi connectivity index (χ2n) is 2.87. The van der Waals surface area contributed by atoms with Gasteiger partial charge in [0.05, 0.1) is 10.0 Å². The number of hydrogen-bond acceptors (Lipinski definition) is 2. The van der Waals surface area contributed by atoms with Gasteiger partial charge in [-0.3, -0.25) is 0 Å². The van der Waals surface area contributed by atoms with Gasteiger partial charge in [-0.15, -0.1) is 0 Å². The Bertz CT molecular complexity index is 483. The Morgan fingerprint density at radius 1 is 0.800 bits per heavy atom. The molecule has 0 fully saturated rings. The quantitative estimate of drug-likeness (QED) is 0.721. The molecule has 1 heterocycles. The highest BCUT2D eigenvalue weighted by Crippen LogP contribution is 2.27. The summed E-state index contributed by atoms with van der Waals surface area (Å²) in [6.07, 6.45) is 3.27. The predicted octanol–water partition coefficient (Wildman–Crippen LogP) is 4.10. The molecule has 15 heavy (non-hydrogen) atoms. The van der Waals surface area contributed by atoms with Crippen molar-refractivity contribution in [3.63, 3.8) is 0 Å². The van der Waals surface area contributed by atoms with E-state index in [1.165, 1.54) is 0 Å². The molecule has 0 aliphatic carbocycles. The second-order valence-corrected chi connectivity index (χ2v) is 4.02. The molecule has 2 rings (SSSR count). The summed E-state index contributed by atoms with van der Waals surface area (Å²) in [7, 11) is 0. The normalized spacial score (nSPS) is 10.3. The molecular formula is C10H5Cl3N2. The topological polar surface area (TPSA) is 25.8 Å². The Labute approximate surface area is 102 Å². The molecule has 76 valence electrons. The van der Waals surface area contributed by atoms with Crippen molar-refractivity contribution in [3.05, 3.63) is 45.9 Å². The van der Waals surface area contributed by atoms with E-state index in [1.54, 1.807) is 24.5 Å². The predicted molar refractivity (Wildman–Crippen MR) is 62.5 cm³/mol. The van der Waals surface area contributed by atoms with E-state index in [0.29, 0.717) is 10.0 Å². The molecule has 0 bridgehead atoms. The molecule has 0 aliphatic rings. The number of halogens is 3. The lowest BCUT2D eigenvalue weighted by atomic mass is 10.1. The van der Waals surface area contributed by atoms with Crippen LogP contribution in [0.4, 0.5) is 0 Å². The standard InChI is InChI=1S/C10H5Cl3N2/c11-8-2-1-6(3-9(8)12)7-4-14-10(13)15-5-7/h1-5H. The first-order valence-electron chi connectivity index (χ1n) is 4.10. The number of benzene rings is 1. The number of rotatable bonds is 1. The first-order chi connectivity index (χ1) is 7.16. The van der Waals surface area contributed by atoms with Gasteiger partial charge in [0.1, 0.15) is 0 Å². The Kier molecular flexibility index (Phi) is 3.10. The smallest absolute Gasteiger partial charge is 0.222 e. The highest BCUT2D eigenvalue weighted by molar-refractivity contribution is 6.42. The van der Waals surface area contributed by atoms with Crippen LogP contribution in [0.3, 0.4) is 0 Å². The molecule has 2 nitrogen and oxygen atoms in total. The summed E-state index contributed by atoms with van der Waals surface area (Å²) in [4.78, 5) is 7.77. The van der Waals surface area contributed by atoms with Gasteiger partial charge in [0, 0.05) is 18.0 Å². The molecule has 2 aromatic rings. The van der Waals surface area contributed by atoms with Crippen molar-refractivity contribution in [3.8, 4) is 11.1 Å². The van der Waals surface area contributed by atoms with Gasteiger partial charge in [0.15, 0.2) is 0 Å². The van der Waals surface area contributed by atoms with E-state index in [-0.39, 0.29) is 5.28 Å². The Morgan fingerprint density at radius 3 is 2.07 bits per heavy atom. The average Bonchev–Trinajstić information content (AvgIpc) is 2.23. The van der Waals surface area contributed by atoms with Crippen molar-refractivity contribution in [2.45, 2.75) is 0 Å². The van der Waals surface area contributed by atoms with Crippen molar-refractivity contribution in [2.75, 3.05) is 0 Å². The largest absolute Gasteiger partial charge is 0.226 e. The highest BCUT2D eigenvalue weighted by Gasteiger charge is 2.02. The molecule has 5 heteroatoms. The summed E-state index contributed by atoms with van der Waals surface area (Å²) in [5.41, 5.74) is 1.75. The lowest BCUT2D eigenvalue weighted by Crippen LogP contribution is -1.84. The minimum atomic E-state index is 0.221.